The van der Waals surface area contributed by atoms with Crippen LogP contribution in [0.3, 0.4) is 0 Å². The van der Waals surface area contributed by atoms with Crippen molar-refractivity contribution in [2.24, 2.45) is 7.05 Å². The van der Waals surface area contributed by atoms with Crippen molar-refractivity contribution in [1.29, 1.82) is 0 Å². The van der Waals surface area contributed by atoms with Crippen LogP contribution in [0.2, 0.25) is 0 Å². The van der Waals surface area contributed by atoms with Gasteiger partial charge in [0.2, 0.25) is 5.89 Å². The van der Waals surface area contributed by atoms with Gasteiger partial charge in [-0.3, -0.25) is 9.58 Å². The average Bonchev–Trinajstić information content (AvgIpc) is 3.20. The van der Waals surface area contributed by atoms with Crippen LogP contribution in [-0.2, 0) is 19.0 Å². The molecule has 3 aromatic heterocycles. The second kappa shape index (κ2) is 6.56. The third-order valence-corrected chi connectivity index (χ3v) is 4.85. The summed E-state index contributed by atoms with van der Waals surface area (Å²) in [5.74, 6) is 3.18. The van der Waals surface area contributed by atoms with Crippen molar-refractivity contribution >= 4 is 16.9 Å². The fourth-order valence-electron chi connectivity index (χ4n) is 3.31. The molecule has 9 heteroatoms. The normalized spacial score (nSPS) is 16.4. The number of hydrogen-bond donors (Lipinski definition) is 0. The summed E-state index contributed by atoms with van der Waals surface area (Å²) in [5, 5.41) is 9.40. The fraction of sp³-hybridized carbons (Fsp3) is 0.611. The van der Waals surface area contributed by atoms with Gasteiger partial charge in [0.1, 0.15) is 11.6 Å². The molecule has 1 fully saturated rings. The van der Waals surface area contributed by atoms with Crippen molar-refractivity contribution in [2.45, 2.75) is 39.7 Å². The van der Waals surface area contributed by atoms with Gasteiger partial charge in [-0.2, -0.15) is 10.1 Å². The Kier molecular flexibility index (Phi) is 4.33. The lowest BCUT2D eigenvalue weighted by Crippen LogP contribution is -2.46. The number of piperazine rings is 1. The molecule has 0 aliphatic carbocycles. The van der Waals surface area contributed by atoms with E-state index in [1.54, 1.807) is 0 Å². The highest BCUT2D eigenvalue weighted by molar-refractivity contribution is 5.87. The molecule has 0 saturated carbocycles. The molecule has 27 heavy (non-hydrogen) atoms. The molecular weight excluding hydrogens is 344 g/mol. The van der Waals surface area contributed by atoms with Gasteiger partial charge in [-0.25, -0.2) is 9.97 Å². The van der Waals surface area contributed by atoms with E-state index in [1.165, 1.54) is 0 Å². The summed E-state index contributed by atoms with van der Waals surface area (Å²) < 4.78 is 6.89. The molecule has 4 rings (SSSR count). The van der Waals surface area contributed by atoms with E-state index in [1.807, 2.05) is 24.9 Å². The van der Waals surface area contributed by atoms with Gasteiger partial charge in [-0.05, 0) is 0 Å². The first kappa shape index (κ1) is 17.8. The Balaban J connectivity index is 1.56. The summed E-state index contributed by atoms with van der Waals surface area (Å²) in [5.41, 5.74) is 0.764. The van der Waals surface area contributed by atoms with Crippen LogP contribution in [0.1, 0.15) is 38.3 Å². The maximum atomic E-state index is 5.07. The van der Waals surface area contributed by atoms with Crippen LogP contribution in [0.4, 0.5) is 5.82 Å². The summed E-state index contributed by atoms with van der Waals surface area (Å²) >= 11 is 0. The molecule has 144 valence electrons. The molecule has 0 unspecified atom stereocenters. The van der Waals surface area contributed by atoms with E-state index in [2.05, 4.69) is 45.8 Å². The minimum atomic E-state index is -0.120. The Morgan fingerprint density at radius 2 is 1.81 bits per heavy atom. The molecule has 0 bridgehead atoms. The van der Waals surface area contributed by atoms with Crippen LogP contribution in [0.25, 0.3) is 11.0 Å². The Labute approximate surface area is 158 Å². The lowest BCUT2D eigenvalue weighted by molar-refractivity contribution is 0.239. The van der Waals surface area contributed by atoms with Crippen molar-refractivity contribution in [1.82, 2.24) is 34.8 Å². The molecule has 0 aromatic carbocycles. The molecule has 0 atom stereocenters. The molecule has 9 nitrogen and oxygen atoms in total. The predicted octanol–water partition coefficient (Wildman–Crippen LogP) is 1.67. The molecule has 1 saturated heterocycles. The fourth-order valence-corrected chi connectivity index (χ4v) is 3.31. The zero-order valence-electron chi connectivity index (χ0n) is 16.6. The first-order valence-corrected chi connectivity index (χ1v) is 9.28. The second-order valence-corrected chi connectivity index (χ2v) is 8.12. The molecule has 3 aromatic rings. The molecule has 1 aliphatic heterocycles. The monoisotopic (exact) mass is 370 g/mol. The van der Waals surface area contributed by atoms with E-state index in [0.717, 1.165) is 54.7 Å². The van der Waals surface area contributed by atoms with Crippen LogP contribution >= 0.6 is 0 Å². The Hall–Kier alpha value is -2.55. The summed E-state index contributed by atoms with van der Waals surface area (Å²) in [4.78, 5) is 18.7. The summed E-state index contributed by atoms with van der Waals surface area (Å²) in [7, 11) is 1.93. The van der Waals surface area contributed by atoms with Gasteiger partial charge in [-0.15, -0.1) is 0 Å². The largest absolute Gasteiger partial charge is 0.353 e. The lowest BCUT2D eigenvalue weighted by atomic mass is 9.95. The van der Waals surface area contributed by atoms with E-state index >= 15 is 0 Å². The van der Waals surface area contributed by atoms with E-state index in [9.17, 15) is 0 Å². The number of rotatable bonds is 3. The van der Waals surface area contributed by atoms with E-state index in [4.69, 9.17) is 14.5 Å². The Morgan fingerprint density at radius 3 is 2.44 bits per heavy atom. The maximum absolute atomic E-state index is 5.07. The summed E-state index contributed by atoms with van der Waals surface area (Å²) in [6.45, 7) is 12.6. The first-order valence-electron chi connectivity index (χ1n) is 9.28. The molecular formula is C18H26N8O. The zero-order valence-corrected chi connectivity index (χ0v) is 16.6. The number of hydrogen-bond acceptors (Lipinski definition) is 8. The van der Waals surface area contributed by atoms with Crippen LogP contribution in [0.15, 0.2) is 10.7 Å². The van der Waals surface area contributed by atoms with E-state index < -0.39 is 0 Å². The van der Waals surface area contributed by atoms with Crippen molar-refractivity contribution in [3.63, 3.8) is 0 Å². The predicted molar refractivity (Wildman–Crippen MR) is 102 cm³/mol. The van der Waals surface area contributed by atoms with Gasteiger partial charge in [0.05, 0.1) is 18.1 Å². The number of fused-ring (bicyclic) bond motifs is 1. The molecule has 4 heterocycles. The minimum absolute atomic E-state index is 0.120. The molecule has 0 amide bonds. The van der Waals surface area contributed by atoms with Gasteiger partial charge in [0.25, 0.3) is 0 Å². The van der Waals surface area contributed by atoms with Crippen molar-refractivity contribution in [2.75, 3.05) is 31.1 Å². The maximum Gasteiger partial charge on any atom is 0.223 e. The lowest BCUT2D eigenvalue weighted by Gasteiger charge is -2.35. The minimum Gasteiger partial charge on any atom is -0.353 e. The van der Waals surface area contributed by atoms with Gasteiger partial charge in [0, 0.05) is 45.6 Å². The molecule has 0 N–H and O–H groups in total. The topological polar surface area (TPSA) is 89.0 Å². The molecule has 0 spiro atoms. The van der Waals surface area contributed by atoms with Crippen molar-refractivity contribution < 1.29 is 4.52 Å². The van der Waals surface area contributed by atoms with Crippen LogP contribution < -0.4 is 4.90 Å². The van der Waals surface area contributed by atoms with Gasteiger partial charge in [-0.1, -0.05) is 25.9 Å². The standard InChI is InChI=1S/C18H26N8O/c1-12-20-14(23-27-12)11-25-6-8-26(9-7-25)16-13-10-19-24(5)15(13)21-17(22-16)18(2,3)4/h10H,6-9,11H2,1-5H3. The van der Waals surface area contributed by atoms with E-state index in [0.29, 0.717) is 12.4 Å². The van der Waals surface area contributed by atoms with Gasteiger partial charge >= 0.3 is 0 Å². The van der Waals surface area contributed by atoms with Crippen LogP contribution in [-0.4, -0.2) is 61.0 Å². The smallest absolute Gasteiger partial charge is 0.223 e. The van der Waals surface area contributed by atoms with E-state index in [-0.39, 0.29) is 5.41 Å². The third kappa shape index (κ3) is 3.51. The third-order valence-electron chi connectivity index (χ3n) is 4.85. The Bertz CT molecular complexity index is 946. The summed E-state index contributed by atoms with van der Waals surface area (Å²) in [6.07, 6.45) is 1.87. The highest BCUT2D eigenvalue weighted by atomic mass is 16.5. The van der Waals surface area contributed by atoms with Crippen molar-refractivity contribution in [3.05, 3.63) is 23.7 Å². The number of aromatic nitrogens is 6. The number of anilines is 1. The summed E-state index contributed by atoms with van der Waals surface area (Å²) in [6, 6.07) is 0. The number of aryl methyl sites for hydroxylation is 2. The van der Waals surface area contributed by atoms with Gasteiger partial charge in [0.15, 0.2) is 11.5 Å². The van der Waals surface area contributed by atoms with Crippen LogP contribution in [0.5, 0.6) is 0 Å². The molecule has 1 aliphatic rings. The SMILES string of the molecule is Cc1nc(CN2CCN(c3nc(C(C)(C)C)nc4c3cnn4C)CC2)no1. The molecule has 0 radical (unpaired) electrons. The quantitative estimate of drug-likeness (QED) is 0.688. The Morgan fingerprint density at radius 1 is 1.07 bits per heavy atom. The second-order valence-electron chi connectivity index (χ2n) is 8.12. The van der Waals surface area contributed by atoms with Crippen molar-refractivity contribution in [3.8, 4) is 0 Å². The number of nitrogens with zero attached hydrogens (tertiary/aromatic N) is 8. The highest BCUT2D eigenvalue weighted by Crippen LogP contribution is 2.28. The highest BCUT2D eigenvalue weighted by Gasteiger charge is 2.26. The first-order chi connectivity index (χ1) is 12.8. The zero-order chi connectivity index (χ0) is 19.2. The van der Waals surface area contributed by atoms with Gasteiger partial charge < -0.3 is 9.42 Å². The van der Waals surface area contributed by atoms with Crippen LogP contribution in [0, 0.1) is 6.92 Å². The average molecular weight is 370 g/mol.